The number of benzene rings is 3. The molecule has 3 aromatic carbocycles. The molecule has 1 fully saturated rings. The Bertz CT molecular complexity index is 1250. The largest absolute Gasteiger partial charge is 0.494 e. The maximum atomic E-state index is 14.9. The lowest BCUT2D eigenvalue weighted by atomic mass is 10.0. The maximum Gasteiger partial charge on any atom is 0.132 e. The number of hydrogen-bond donors (Lipinski definition) is 0. The van der Waals surface area contributed by atoms with Crippen molar-refractivity contribution in [2.24, 2.45) is 0 Å². The van der Waals surface area contributed by atoms with Crippen LogP contribution in [-0.4, -0.2) is 47.6 Å². The van der Waals surface area contributed by atoms with E-state index >= 15 is 0 Å². The molecule has 174 valence electrons. The van der Waals surface area contributed by atoms with Crippen LogP contribution in [0.5, 0.6) is 5.75 Å². The third-order valence-corrected chi connectivity index (χ3v) is 6.06. The van der Waals surface area contributed by atoms with Gasteiger partial charge in [-0.2, -0.15) is 5.10 Å². The highest BCUT2D eigenvalue weighted by atomic mass is 19.1. The van der Waals surface area contributed by atoms with Crippen LogP contribution in [0.3, 0.4) is 0 Å². The van der Waals surface area contributed by atoms with Crippen LogP contribution in [-0.2, 0) is 11.3 Å². The summed E-state index contributed by atoms with van der Waals surface area (Å²) in [5, 5.41) is 4.68. The predicted molar refractivity (Wildman–Crippen MR) is 132 cm³/mol. The van der Waals surface area contributed by atoms with E-state index in [0.29, 0.717) is 18.7 Å². The third-order valence-electron chi connectivity index (χ3n) is 6.06. The van der Waals surface area contributed by atoms with Crippen molar-refractivity contribution >= 4 is 0 Å². The number of nitrogens with zero attached hydrogens (tertiary/aromatic N) is 3. The molecule has 1 aromatic heterocycles. The van der Waals surface area contributed by atoms with Gasteiger partial charge in [0.05, 0.1) is 37.4 Å². The first-order valence-electron chi connectivity index (χ1n) is 11.7. The van der Waals surface area contributed by atoms with Gasteiger partial charge in [-0.25, -0.2) is 9.07 Å². The van der Waals surface area contributed by atoms with Gasteiger partial charge < -0.3 is 9.47 Å². The van der Waals surface area contributed by atoms with E-state index in [1.807, 2.05) is 60.3 Å². The van der Waals surface area contributed by atoms with Crippen molar-refractivity contribution in [3.05, 3.63) is 90.4 Å². The van der Waals surface area contributed by atoms with Gasteiger partial charge in [0.2, 0.25) is 0 Å². The molecule has 2 heterocycles. The van der Waals surface area contributed by atoms with E-state index < -0.39 is 0 Å². The molecular formula is C28H28FN3O2. The SMILES string of the molecule is CCOc1cccc(-c2ccc(-n3ncc(CN4CCOCC4)c3-c3ccccc3F)cc2)c1. The Labute approximate surface area is 199 Å². The predicted octanol–water partition coefficient (Wildman–Crippen LogP) is 5.58. The summed E-state index contributed by atoms with van der Waals surface area (Å²) in [5.74, 6) is 0.600. The van der Waals surface area contributed by atoms with E-state index in [2.05, 4.69) is 28.2 Å². The highest BCUT2D eigenvalue weighted by Gasteiger charge is 2.20. The Morgan fingerprint density at radius 1 is 0.941 bits per heavy atom. The average molecular weight is 458 g/mol. The van der Waals surface area contributed by atoms with Crippen LogP contribution in [0.1, 0.15) is 12.5 Å². The van der Waals surface area contributed by atoms with E-state index in [4.69, 9.17) is 9.47 Å². The van der Waals surface area contributed by atoms with Gasteiger partial charge in [0.15, 0.2) is 0 Å². The van der Waals surface area contributed by atoms with Crippen molar-refractivity contribution in [1.29, 1.82) is 0 Å². The second kappa shape index (κ2) is 10.2. The molecule has 1 aliphatic rings. The van der Waals surface area contributed by atoms with Gasteiger partial charge in [-0.3, -0.25) is 4.90 Å². The van der Waals surface area contributed by atoms with E-state index in [0.717, 1.165) is 60.1 Å². The summed E-state index contributed by atoms with van der Waals surface area (Å²) in [7, 11) is 0. The third kappa shape index (κ3) is 4.74. The van der Waals surface area contributed by atoms with E-state index in [1.165, 1.54) is 6.07 Å². The molecule has 0 spiro atoms. The lowest BCUT2D eigenvalue weighted by molar-refractivity contribution is 0.0342. The number of ether oxygens (including phenoxy) is 2. The van der Waals surface area contributed by atoms with E-state index in [1.54, 1.807) is 6.07 Å². The van der Waals surface area contributed by atoms with Crippen molar-refractivity contribution < 1.29 is 13.9 Å². The molecule has 0 unspecified atom stereocenters. The molecule has 5 rings (SSSR count). The van der Waals surface area contributed by atoms with Crippen LogP contribution < -0.4 is 4.74 Å². The molecular weight excluding hydrogens is 429 g/mol. The van der Waals surface area contributed by atoms with Gasteiger partial charge >= 0.3 is 0 Å². The minimum Gasteiger partial charge on any atom is -0.494 e. The normalized spacial score (nSPS) is 14.3. The summed E-state index contributed by atoms with van der Waals surface area (Å²) >= 11 is 0. The molecule has 0 radical (unpaired) electrons. The number of aromatic nitrogens is 2. The van der Waals surface area contributed by atoms with Crippen molar-refractivity contribution in [2.45, 2.75) is 13.5 Å². The molecule has 34 heavy (non-hydrogen) atoms. The lowest BCUT2D eigenvalue weighted by Crippen LogP contribution is -2.35. The maximum absolute atomic E-state index is 14.9. The summed E-state index contributed by atoms with van der Waals surface area (Å²) in [6.45, 7) is 6.47. The molecule has 0 saturated carbocycles. The van der Waals surface area contributed by atoms with Crippen LogP contribution in [0.4, 0.5) is 4.39 Å². The van der Waals surface area contributed by atoms with E-state index in [-0.39, 0.29) is 5.82 Å². The minimum atomic E-state index is -0.253. The lowest BCUT2D eigenvalue weighted by Gasteiger charge is -2.26. The summed E-state index contributed by atoms with van der Waals surface area (Å²) in [6, 6.07) is 23.1. The number of rotatable bonds is 7. The summed E-state index contributed by atoms with van der Waals surface area (Å²) in [5.41, 5.74) is 5.39. The molecule has 1 aliphatic heterocycles. The van der Waals surface area contributed by atoms with E-state index in [9.17, 15) is 4.39 Å². The van der Waals surface area contributed by atoms with Crippen molar-refractivity contribution in [3.63, 3.8) is 0 Å². The monoisotopic (exact) mass is 457 g/mol. The van der Waals surface area contributed by atoms with Gasteiger partial charge in [-0.15, -0.1) is 0 Å². The molecule has 0 amide bonds. The molecule has 0 atom stereocenters. The van der Waals surface area contributed by atoms with Crippen LogP contribution in [0.25, 0.3) is 28.1 Å². The Kier molecular flexibility index (Phi) is 6.70. The fraction of sp³-hybridized carbons (Fsp3) is 0.250. The Morgan fingerprint density at radius 3 is 2.50 bits per heavy atom. The highest BCUT2D eigenvalue weighted by Crippen LogP contribution is 2.31. The van der Waals surface area contributed by atoms with Crippen molar-refractivity contribution in [1.82, 2.24) is 14.7 Å². The average Bonchev–Trinajstić information content (AvgIpc) is 3.28. The smallest absolute Gasteiger partial charge is 0.132 e. The van der Waals surface area contributed by atoms with Gasteiger partial charge in [-0.1, -0.05) is 36.4 Å². The second-order valence-corrected chi connectivity index (χ2v) is 8.31. The van der Waals surface area contributed by atoms with Crippen LogP contribution in [0, 0.1) is 5.82 Å². The first kappa shape index (κ1) is 22.3. The van der Waals surface area contributed by atoms with Crippen LogP contribution in [0.2, 0.25) is 0 Å². The molecule has 6 heteroatoms. The topological polar surface area (TPSA) is 39.5 Å². The summed E-state index contributed by atoms with van der Waals surface area (Å²) in [6.07, 6.45) is 1.86. The molecule has 0 N–H and O–H groups in total. The zero-order valence-electron chi connectivity index (χ0n) is 19.3. The highest BCUT2D eigenvalue weighted by molar-refractivity contribution is 5.69. The van der Waals surface area contributed by atoms with Gasteiger partial charge in [0.1, 0.15) is 11.6 Å². The number of hydrogen-bond acceptors (Lipinski definition) is 4. The molecule has 5 nitrogen and oxygen atoms in total. The molecule has 0 aliphatic carbocycles. The Hall–Kier alpha value is -3.48. The zero-order chi connectivity index (χ0) is 23.3. The van der Waals surface area contributed by atoms with Gasteiger partial charge in [0.25, 0.3) is 0 Å². The second-order valence-electron chi connectivity index (χ2n) is 8.31. The van der Waals surface area contributed by atoms with Gasteiger partial charge in [-0.05, 0) is 54.4 Å². The minimum absolute atomic E-state index is 0.253. The zero-order valence-corrected chi connectivity index (χ0v) is 19.3. The Morgan fingerprint density at radius 2 is 1.74 bits per heavy atom. The quantitative estimate of drug-likeness (QED) is 0.363. The number of morpholine rings is 1. The standard InChI is InChI=1S/C28H28FN3O2/c1-2-34-25-7-5-6-22(18-25)21-10-12-24(13-11-21)32-28(26-8-3-4-9-27(26)29)23(19-30-32)20-31-14-16-33-17-15-31/h3-13,18-19H,2,14-17,20H2,1H3. The number of halogens is 1. The fourth-order valence-electron chi connectivity index (χ4n) is 4.36. The molecule has 0 bridgehead atoms. The molecule has 4 aromatic rings. The van der Waals surface area contributed by atoms with Crippen LogP contribution in [0.15, 0.2) is 79.0 Å². The van der Waals surface area contributed by atoms with Crippen LogP contribution >= 0.6 is 0 Å². The molecule has 1 saturated heterocycles. The summed E-state index contributed by atoms with van der Waals surface area (Å²) in [4.78, 5) is 2.32. The Balaban J connectivity index is 1.50. The first-order chi connectivity index (χ1) is 16.7. The van der Waals surface area contributed by atoms with Gasteiger partial charge in [0, 0.05) is 30.8 Å². The fourth-order valence-corrected chi connectivity index (χ4v) is 4.36. The first-order valence-corrected chi connectivity index (χ1v) is 11.7. The van der Waals surface area contributed by atoms with Crippen molar-refractivity contribution in [3.8, 4) is 33.8 Å². The summed E-state index contributed by atoms with van der Waals surface area (Å²) < 4.78 is 27.9. The van der Waals surface area contributed by atoms with Crippen molar-refractivity contribution in [2.75, 3.05) is 32.9 Å².